The number of hydrogen-bond acceptors (Lipinski definition) is 7. The normalized spacial score (nSPS) is 16.0. The van der Waals surface area contributed by atoms with Crippen molar-refractivity contribution in [2.24, 2.45) is 7.05 Å². The van der Waals surface area contributed by atoms with Crippen molar-refractivity contribution >= 4 is 11.8 Å². The van der Waals surface area contributed by atoms with Crippen LogP contribution in [0, 0.1) is 6.92 Å². The highest BCUT2D eigenvalue weighted by Crippen LogP contribution is 2.28. The standard InChI is InChI=1S/C21H32N4O3S/c1-16-18(13-23-24(16)2)12-22-11-17-4-5-20(21(10-17)27-3)28-15-19(26)14-25-6-8-29-9-7-25/h4-5,10,13,19,22,26H,6-9,11-12,14-15H2,1-3H3. The van der Waals surface area contributed by atoms with Gasteiger partial charge in [-0.1, -0.05) is 6.07 Å². The summed E-state index contributed by atoms with van der Waals surface area (Å²) in [4.78, 5) is 2.29. The lowest BCUT2D eigenvalue weighted by Gasteiger charge is -2.28. The molecule has 29 heavy (non-hydrogen) atoms. The molecule has 1 aromatic carbocycles. The predicted molar refractivity (Wildman–Crippen MR) is 117 cm³/mol. The Morgan fingerprint density at radius 3 is 2.72 bits per heavy atom. The van der Waals surface area contributed by atoms with Crippen LogP contribution in [0.5, 0.6) is 11.5 Å². The molecule has 1 fully saturated rings. The highest BCUT2D eigenvalue weighted by Gasteiger charge is 2.16. The minimum absolute atomic E-state index is 0.262. The number of aryl methyl sites for hydroxylation is 1. The van der Waals surface area contributed by atoms with Crippen molar-refractivity contribution in [3.63, 3.8) is 0 Å². The summed E-state index contributed by atoms with van der Waals surface area (Å²) >= 11 is 1.97. The van der Waals surface area contributed by atoms with Gasteiger partial charge in [-0.05, 0) is 24.6 Å². The van der Waals surface area contributed by atoms with E-state index in [1.54, 1.807) is 7.11 Å². The van der Waals surface area contributed by atoms with Gasteiger partial charge in [0.15, 0.2) is 11.5 Å². The Kier molecular flexibility index (Phi) is 8.23. The Morgan fingerprint density at radius 2 is 2.03 bits per heavy atom. The molecule has 3 rings (SSSR count). The molecular formula is C21H32N4O3S. The van der Waals surface area contributed by atoms with Crippen LogP contribution in [0.3, 0.4) is 0 Å². The zero-order valence-electron chi connectivity index (χ0n) is 17.6. The lowest BCUT2D eigenvalue weighted by atomic mass is 10.2. The van der Waals surface area contributed by atoms with Crippen molar-refractivity contribution in [2.75, 3.05) is 44.9 Å². The Bertz CT molecular complexity index is 777. The van der Waals surface area contributed by atoms with Gasteiger partial charge in [0, 0.05) is 62.5 Å². The number of β-amino-alcohol motifs (C(OH)–C–C–N with tert-alkyl or cyclic N) is 1. The van der Waals surface area contributed by atoms with Crippen LogP contribution in [0.4, 0.5) is 0 Å². The van der Waals surface area contributed by atoms with Crippen LogP contribution in [0.2, 0.25) is 0 Å². The topological polar surface area (TPSA) is 71.8 Å². The molecule has 2 N–H and O–H groups in total. The molecule has 0 bridgehead atoms. The van der Waals surface area contributed by atoms with Gasteiger partial charge in [-0.2, -0.15) is 16.9 Å². The highest BCUT2D eigenvalue weighted by atomic mass is 32.2. The number of rotatable bonds is 10. The second-order valence-electron chi connectivity index (χ2n) is 7.35. The molecule has 1 aliphatic rings. The minimum Gasteiger partial charge on any atom is -0.493 e. The number of ether oxygens (including phenoxy) is 2. The molecule has 0 saturated carbocycles. The summed E-state index contributed by atoms with van der Waals surface area (Å²) in [6, 6.07) is 5.91. The van der Waals surface area contributed by atoms with Gasteiger partial charge in [0.1, 0.15) is 12.7 Å². The molecule has 160 valence electrons. The third kappa shape index (κ3) is 6.37. The Labute approximate surface area is 177 Å². The molecule has 8 heteroatoms. The van der Waals surface area contributed by atoms with Crippen LogP contribution in [0.25, 0.3) is 0 Å². The average Bonchev–Trinajstić information content (AvgIpc) is 3.05. The van der Waals surface area contributed by atoms with Crippen LogP contribution in [-0.2, 0) is 20.1 Å². The molecule has 1 aliphatic heterocycles. The number of nitrogens with zero attached hydrogens (tertiary/aromatic N) is 3. The largest absolute Gasteiger partial charge is 0.493 e. The predicted octanol–water partition coefficient (Wildman–Crippen LogP) is 1.82. The first-order chi connectivity index (χ1) is 14.1. The number of hydrogen-bond donors (Lipinski definition) is 2. The Hall–Kier alpha value is -1.74. The molecular weight excluding hydrogens is 388 g/mol. The van der Waals surface area contributed by atoms with E-state index in [1.165, 1.54) is 11.3 Å². The monoisotopic (exact) mass is 420 g/mol. The summed E-state index contributed by atoms with van der Waals surface area (Å²) in [5, 5.41) is 18.0. The van der Waals surface area contributed by atoms with Gasteiger partial charge in [0.2, 0.25) is 0 Å². The maximum absolute atomic E-state index is 10.3. The first-order valence-corrected chi connectivity index (χ1v) is 11.2. The van der Waals surface area contributed by atoms with E-state index in [2.05, 4.69) is 22.2 Å². The molecule has 1 saturated heterocycles. The lowest BCUT2D eigenvalue weighted by Crippen LogP contribution is -2.40. The first kappa shape index (κ1) is 22.0. The average molecular weight is 421 g/mol. The SMILES string of the molecule is COc1cc(CNCc2cnn(C)c2C)ccc1OCC(O)CN1CCSCC1. The summed E-state index contributed by atoms with van der Waals surface area (Å²) in [5.74, 6) is 3.62. The third-order valence-corrected chi connectivity index (χ3v) is 6.16. The van der Waals surface area contributed by atoms with Gasteiger partial charge in [-0.3, -0.25) is 9.58 Å². The van der Waals surface area contributed by atoms with Crippen molar-refractivity contribution in [3.05, 3.63) is 41.2 Å². The summed E-state index contributed by atoms with van der Waals surface area (Å²) in [6.45, 7) is 6.53. The van der Waals surface area contributed by atoms with E-state index in [1.807, 2.05) is 47.9 Å². The quantitative estimate of drug-likeness (QED) is 0.607. The van der Waals surface area contributed by atoms with Crippen LogP contribution in [0.15, 0.2) is 24.4 Å². The number of aromatic nitrogens is 2. The molecule has 7 nitrogen and oxygen atoms in total. The van der Waals surface area contributed by atoms with Gasteiger partial charge in [0.05, 0.1) is 13.3 Å². The van der Waals surface area contributed by atoms with E-state index in [0.717, 1.165) is 43.2 Å². The molecule has 0 amide bonds. The zero-order chi connectivity index (χ0) is 20.6. The van der Waals surface area contributed by atoms with Gasteiger partial charge in [0.25, 0.3) is 0 Å². The van der Waals surface area contributed by atoms with Crippen LogP contribution < -0.4 is 14.8 Å². The van der Waals surface area contributed by atoms with E-state index < -0.39 is 6.10 Å². The smallest absolute Gasteiger partial charge is 0.161 e. The number of benzene rings is 1. The molecule has 1 atom stereocenters. The highest BCUT2D eigenvalue weighted by molar-refractivity contribution is 7.99. The van der Waals surface area contributed by atoms with Crippen LogP contribution in [-0.4, -0.2) is 70.7 Å². The second-order valence-corrected chi connectivity index (χ2v) is 8.57. The second kappa shape index (κ2) is 10.9. The molecule has 2 heterocycles. The Morgan fingerprint density at radius 1 is 1.24 bits per heavy atom. The fraction of sp³-hybridized carbons (Fsp3) is 0.571. The number of aliphatic hydroxyl groups is 1. The molecule has 1 unspecified atom stereocenters. The van der Waals surface area contributed by atoms with Gasteiger partial charge in [-0.15, -0.1) is 0 Å². The minimum atomic E-state index is -0.508. The van der Waals surface area contributed by atoms with E-state index in [9.17, 15) is 5.11 Å². The number of nitrogens with one attached hydrogen (secondary N) is 1. The van der Waals surface area contributed by atoms with E-state index in [-0.39, 0.29) is 6.61 Å². The Balaban J connectivity index is 1.48. The number of aliphatic hydroxyl groups excluding tert-OH is 1. The van der Waals surface area contributed by atoms with E-state index >= 15 is 0 Å². The molecule has 0 spiro atoms. The molecule has 0 aliphatic carbocycles. The molecule has 2 aromatic rings. The van der Waals surface area contributed by atoms with Gasteiger partial charge >= 0.3 is 0 Å². The van der Waals surface area contributed by atoms with Gasteiger partial charge < -0.3 is 19.9 Å². The summed E-state index contributed by atoms with van der Waals surface area (Å²) in [7, 11) is 3.59. The van der Waals surface area contributed by atoms with Crippen LogP contribution >= 0.6 is 11.8 Å². The molecule has 1 aromatic heterocycles. The summed E-state index contributed by atoms with van der Waals surface area (Å²) < 4.78 is 13.2. The fourth-order valence-electron chi connectivity index (χ4n) is 3.32. The van der Waals surface area contributed by atoms with Crippen molar-refractivity contribution in [1.29, 1.82) is 0 Å². The van der Waals surface area contributed by atoms with Crippen molar-refractivity contribution in [1.82, 2.24) is 20.0 Å². The number of thioether (sulfide) groups is 1. The van der Waals surface area contributed by atoms with Crippen molar-refractivity contribution < 1.29 is 14.6 Å². The van der Waals surface area contributed by atoms with Crippen molar-refractivity contribution in [2.45, 2.75) is 26.1 Å². The lowest BCUT2D eigenvalue weighted by molar-refractivity contribution is 0.0705. The number of methoxy groups -OCH3 is 1. The molecule has 0 radical (unpaired) electrons. The summed E-state index contributed by atoms with van der Waals surface area (Å²) in [5.41, 5.74) is 3.48. The maximum Gasteiger partial charge on any atom is 0.161 e. The fourth-order valence-corrected chi connectivity index (χ4v) is 4.30. The zero-order valence-corrected chi connectivity index (χ0v) is 18.4. The summed E-state index contributed by atoms with van der Waals surface area (Å²) in [6.07, 6.45) is 1.39. The third-order valence-electron chi connectivity index (χ3n) is 5.21. The van der Waals surface area contributed by atoms with Crippen LogP contribution in [0.1, 0.15) is 16.8 Å². The van der Waals surface area contributed by atoms with Crippen molar-refractivity contribution in [3.8, 4) is 11.5 Å². The maximum atomic E-state index is 10.3. The van der Waals surface area contributed by atoms with Gasteiger partial charge in [-0.25, -0.2) is 0 Å². The van der Waals surface area contributed by atoms with E-state index in [0.29, 0.717) is 18.0 Å². The van der Waals surface area contributed by atoms with E-state index in [4.69, 9.17) is 9.47 Å². The first-order valence-electron chi connectivity index (χ1n) is 10.0.